The lowest BCUT2D eigenvalue weighted by Gasteiger charge is -2.24. The summed E-state index contributed by atoms with van der Waals surface area (Å²) in [6.07, 6.45) is 4.87. The molecule has 2 aromatic heterocycles. The number of benzene rings is 1. The normalized spacial score (nSPS) is 17.7. The SMILES string of the molecule is CCc1c(Cl)cccc1Nc1c(-c2ccncc2OC[C@H]2CNCCO2)[nH]c2c1C(=O)NCC2. The van der Waals surface area contributed by atoms with Gasteiger partial charge in [0.1, 0.15) is 18.5 Å². The summed E-state index contributed by atoms with van der Waals surface area (Å²) in [5.74, 6) is 0.519. The molecule has 8 nitrogen and oxygen atoms in total. The number of morpholine rings is 1. The number of ether oxygens (including phenoxy) is 2. The largest absolute Gasteiger partial charge is 0.488 e. The maximum absolute atomic E-state index is 12.9. The monoisotopic (exact) mass is 481 g/mol. The van der Waals surface area contributed by atoms with Gasteiger partial charge in [-0.15, -0.1) is 0 Å². The van der Waals surface area contributed by atoms with Crippen LogP contribution in [0.5, 0.6) is 5.75 Å². The lowest BCUT2D eigenvalue weighted by molar-refractivity contribution is 0.000245. The van der Waals surface area contributed by atoms with E-state index in [1.165, 1.54) is 0 Å². The third kappa shape index (κ3) is 4.49. The molecule has 0 saturated carbocycles. The summed E-state index contributed by atoms with van der Waals surface area (Å²) >= 11 is 6.47. The van der Waals surface area contributed by atoms with Gasteiger partial charge in [-0.2, -0.15) is 0 Å². The third-order valence-electron chi connectivity index (χ3n) is 6.18. The van der Waals surface area contributed by atoms with Gasteiger partial charge < -0.3 is 30.4 Å². The predicted octanol–water partition coefficient (Wildman–Crippen LogP) is 3.69. The Morgan fingerprint density at radius 3 is 3.03 bits per heavy atom. The van der Waals surface area contributed by atoms with Gasteiger partial charge in [0.15, 0.2) is 0 Å². The van der Waals surface area contributed by atoms with Crippen molar-refractivity contribution in [1.29, 1.82) is 0 Å². The number of hydrogen-bond acceptors (Lipinski definition) is 6. The van der Waals surface area contributed by atoms with Gasteiger partial charge in [0.25, 0.3) is 5.91 Å². The minimum atomic E-state index is -0.107. The molecule has 1 saturated heterocycles. The number of nitrogens with zero attached hydrogens (tertiary/aromatic N) is 1. The number of aromatic amines is 1. The smallest absolute Gasteiger partial charge is 0.255 e. The second kappa shape index (κ2) is 10.0. The van der Waals surface area contributed by atoms with Gasteiger partial charge in [0.05, 0.1) is 29.7 Å². The Hall–Kier alpha value is -3.07. The van der Waals surface area contributed by atoms with Gasteiger partial charge in [0.2, 0.25) is 0 Å². The Labute approximate surface area is 203 Å². The van der Waals surface area contributed by atoms with Crippen LogP contribution in [0.25, 0.3) is 11.3 Å². The minimum Gasteiger partial charge on any atom is -0.488 e. The van der Waals surface area contributed by atoms with Crippen molar-refractivity contribution in [3.05, 3.63) is 58.5 Å². The molecule has 1 atom stereocenters. The fourth-order valence-corrected chi connectivity index (χ4v) is 4.80. The molecule has 1 fully saturated rings. The average molecular weight is 482 g/mol. The van der Waals surface area contributed by atoms with Crippen molar-refractivity contribution in [2.45, 2.75) is 25.9 Å². The number of carbonyl (C=O) groups is 1. The van der Waals surface area contributed by atoms with Crippen LogP contribution in [-0.4, -0.2) is 54.8 Å². The summed E-state index contributed by atoms with van der Waals surface area (Å²) in [6.45, 7) is 5.32. The molecule has 34 heavy (non-hydrogen) atoms. The topological polar surface area (TPSA) is 100 Å². The molecule has 178 valence electrons. The second-order valence-corrected chi connectivity index (χ2v) is 8.77. The maximum atomic E-state index is 12.9. The van der Waals surface area contributed by atoms with Gasteiger partial charge >= 0.3 is 0 Å². The first-order valence-corrected chi connectivity index (χ1v) is 12.0. The van der Waals surface area contributed by atoms with Gasteiger partial charge in [0, 0.05) is 54.2 Å². The van der Waals surface area contributed by atoms with Crippen LogP contribution in [-0.2, 0) is 17.6 Å². The summed E-state index contributed by atoms with van der Waals surface area (Å²) in [5.41, 5.74) is 5.68. The fraction of sp³-hybridized carbons (Fsp3) is 0.360. The Kier molecular flexibility index (Phi) is 6.71. The number of fused-ring (bicyclic) bond motifs is 1. The first-order chi connectivity index (χ1) is 16.7. The summed E-state index contributed by atoms with van der Waals surface area (Å²) < 4.78 is 11.9. The lowest BCUT2D eigenvalue weighted by Crippen LogP contribution is -2.41. The molecular formula is C25H28ClN5O3. The van der Waals surface area contributed by atoms with E-state index in [1.54, 1.807) is 12.4 Å². The number of amides is 1. The molecule has 0 radical (unpaired) electrons. The number of H-pyrrole nitrogens is 1. The van der Waals surface area contributed by atoms with E-state index < -0.39 is 0 Å². The molecule has 0 aliphatic carbocycles. The van der Waals surface area contributed by atoms with Crippen molar-refractivity contribution >= 4 is 28.9 Å². The van der Waals surface area contributed by atoms with Gasteiger partial charge in [-0.05, 0) is 30.2 Å². The highest BCUT2D eigenvalue weighted by Gasteiger charge is 2.29. The average Bonchev–Trinajstić information content (AvgIpc) is 3.23. The molecule has 4 heterocycles. The number of carbonyl (C=O) groups excluding carboxylic acids is 1. The summed E-state index contributed by atoms with van der Waals surface area (Å²) in [4.78, 5) is 20.7. The molecule has 1 aromatic carbocycles. The van der Waals surface area contributed by atoms with Crippen LogP contribution in [0, 0.1) is 0 Å². The van der Waals surface area contributed by atoms with Crippen molar-refractivity contribution < 1.29 is 14.3 Å². The zero-order chi connectivity index (χ0) is 23.5. The zero-order valence-electron chi connectivity index (χ0n) is 19.0. The van der Waals surface area contributed by atoms with Crippen LogP contribution in [0.2, 0.25) is 5.02 Å². The Morgan fingerprint density at radius 2 is 2.21 bits per heavy atom. The van der Waals surface area contributed by atoms with Crippen LogP contribution < -0.4 is 20.7 Å². The predicted molar refractivity (Wildman–Crippen MR) is 132 cm³/mol. The molecule has 0 bridgehead atoms. The van der Waals surface area contributed by atoms with Crippen molar-refractivity contribution in [3.8, 4) is 17.0 Å². The lowest BCUT2D eigenvalue weighted by atomic mass is 10.0. The molecular weight excluding hydrogens is 454 g/mol. The molecule has 4 N–H and O–H groups in total. The molecule has 1 amide bonds. The summed E-state index contributed by atoms with van der Waals surface area (Å²) in [5, 5.41) is 10.5. The minimum absolute atomic E-state index is 0.0272. The van der Waals surface area contributed by atoms with E-state index in [1.807, 2.05) is 24.3 Å². The summed E-state index contributed by atoms with van der Waals surface area (Å²) in [6, 6.07) is 7.66. The zero-order valence-corrected chi connectivity index (χ0v) is 19.8. The van der Waals surface area contributed by atoms with E-state index in [0.29, 0.717) is 41.8 Å². The number of rotatable bonds is 7. The second-order valence-electron chi connectivity index (χ2n) is 8.36. The van der Waals surface area contributed by atoms with Crippen LogP contribution in [0.1, 0.15) is 28.5 Å². The molecule has 9 heteroatoms. The number of hydrogen-bond donors (Lipinski definition) is 4. The highest BCUT2D eigenvalue weighted by Crippen LogP contribution is 2.41. The number of anilines is 2. The molecule has 2 aliphatic rings. The van der Waals surface area contributed by atoms with Gasteiger partial charge in [-0.1, -0.05) is 24.6 Å². The van der Waals surface area contributed by atoms with Crippen molar-refractivity contribution in [2.75, 3.05) is 38.2 Å². The molecule has 0 spiro atoms. The van der Waals surface area contributed by atoms with Crippen LogP contribution >= 0.6 is 11.6 Å². The highest BCUT2D eigenvalue weighted by molar-refractivity contribution is 6.31. The van der Waals surface area contributed by atoms with E-state index in [-0.39, 0.29) is 12.0 Å². The number of pyridine rings is 1. The van der Waals surface area contributed by atoms with Crippen molar-refractivity contribution in [3.63, 3.8) is 0 Å². The molecule has 0 unspecified atom stereocenters. The van der Waals surface area contributed by atoms with E-state index in [4.69, 9.17) is 21.1 Å². The van der Waals surface area contributed by atoms with Crippen molar-refractivity contribution in [2.24, 2.45) is 0 Å². The molecule has 5 rings (SSSR count). The summed E-state index contributed by atoms with van der Waals surface area (Å²) in [7, 11) is 0. The van der Waals surface area contributed by atoms with E-state index >= 15 is 0 Å². The first kappa shape index (κ1) is 22.7. The van der Waals surface area contributed by atoms with E-state index in [2.05, 4.69) is 32.8 Å². The Bertz CT molecular complexity index is 1190. The quantitative estimate of drug-likeness (QED) is 0.410. The Balaban J connectivity index is 1.55. The molecule has 2 aliphatic heterocycles. The number of nitrogens with one attached hydrogen (secondary N) is 4. The van der Waals surface area contributed by atoms with Crippen LogP contribution in [0.4, 0.5) is 11.4 Å². The maximum Gasteiger partial charge on any atom is 0.255 e. The van der Waals surface area contributed by atoms with Crippen LogP contribution in [0.3, 0.4) is 0 Å². The van der Waals surface area contributed by atoms with E-state index in [9.17, 15) is 4.79 Å². The Morgan fingerprint density at radius 1 is 1.29 bits per heavy atom. The first-order valence-electron chi connectivity index (χ1n) is 11.6. The van der Waals surface area contributed by atoms with Gasteiger partial charge in [-0.25, -0.2) is 0 Å². The molecule has 3 aromatic rings. The highest BCUT2D eigenvalue weighted by atomic mass is 35.5. The van der Waals surface area contributed by atoms with E-state index in [0.717, 1.165) is 54.1 Å². The van der Waals surface area contributed by atoms with Crippen molar-refractivity contribution in [1.82, 2.24) is 20.6 Å². The number of halogens is 1. The standard InChI is InChI=1S/C25H28ClN5O3/c1-2-16-18(26)4-3-5-19(16)30-24-22-20(7-9-29-25(22)32)31-23(24)17-6-8-27-13-21(17)34-14-15-12-28-10-11-33-15/h3-6,8,13,15,28,30-31H,2,7,9-12,14H2,1H3,(H,29,32)/t15-/m1/s1. The fourth-order valence-electron chi connectivity index (χ4n) is 4.49. The third-order valence-corrected chi connectivity index (χ3v) is 6.53. The van der Waals surface area contributed by atoms with Crippen LogP contribution in [0.15, 0.2) is 36.7 Å². The van der Waals surface area contributed by atoms with Gasteiger partial charge in [-0.3, -0.25) is 9.78 Å². The number of aromatic nitrogens is 2.